The van der Waals surface area contributed by atoms with Crippen LogP contribution in [0.4, 0.5) is 0 Å². The Hall–Kier alpha value is -1.91. The first-order valence-electron chi connectivity index (χ1n) is 8.37. The molecule has 3 rings (SSSR count). The summed E-state index contributed by atoms with van der Waals surface area (Å²) in [5.41, 5.74) is 3.70. The van der Waals surface area contributed by atoms with E-state index in [1.54, 1.807) is 17.4 Å². The zero-order chi connectivity index (χ0) is 17.3. The van der Waals surface area contributed by atoms with Gasteiger partial charge in [0.1, 0.15) is 18.2 Å². The first-order chi connectivity index (χ1) is 11.5. The van der Waals surface area contributed by atoms with E-state index >= 15 is 0 Å². The van der Waals surface area contributed by atoms with Gasteiger partial charge < -0.3 is 9.73 Å². The zero-order valence-corrected chi connectivity index (χ0v) is 15.4. The monoisotopic (exact) mass is 342 g/mol. The van der Waals surface area contributed by atoms with Crippen LogP contribution in [0, 0.1) is 19.8 Å². The minimum atomic E-state index is -0.267. The van der Waals surface area contributed by atoms with Crippen LogP contribution in [0.15, 0.2) is 44.9 Å². The largest absolute Gasteiger partial charge is 0.422 e. The minimum Gasteiger partial charge on any atom is -0.422 e. The maximum Gasteiger partial charge on any atom is 0.336 e. The second kappa shape index (κ2) is 6.91. The van der Waals surface area contributed by atoms with Crippen LogP contribution in [0.3, 0.4) is 0 Å². The minimum absolute atomic E-state index is 0.267. The molecule has 2 aromatic heterocycles. The highest BCUT2D eigenvalue weighted by molar-refractivity contribution is 7.10. The van der Waals surface area contributed by atoms with Crippen molar-refractivity contribution >= 4 is 22.3 Å². The summed E-state index contributed by atoms with van der Waals surface area (Å²) >= 11 is 1.79. The number of thiophene rings is 1. The van der Waals surface area contributed by atoms with Gasteiger partial charge in [-0.3, -0.25) is 0 Å². The maximum absolute atomic E-state index is 12.0. The molecule has 0 saturated heterocycles. The number of rotatable bonds is 5. The van der Waals surface area contributed by atoms with Crippen LogP contribution in [-0.2, 0) is 6.54 Å². The van der Waals surface area contributed by atoms with Gasteiger partial charge in [-0.05, 0) is 36.4 Å². The van der Waals surface area contributed by atoms with E-state index < -0.39 is 0 Å². The Morgan fingerprint density at radius 1 is 1.21 bits per heavy atom. The van der Waals surface area contributed by atoms with E-state index in [-0.39, 0.29) is 5.63 Å². The second-order valence-corrected chi connectivity index (χ2v) is 7.68. The molecule has 0 spiro atoms. The van der Waals surface area contributed by atoms with Crippen molar-refractivity contribution in [2.45, 2.75) is 40.3 Å². The van der Waals surface area contributed by atoms with Crippen molar-refractivity contribution in [1.29, 1.82) is 0 Å². The van der Waals surface area contributed by atoms with Gasteiger partial charge in [-0.25, -0.2) is 4.79 Å². The molecule has 24 heavy (non-hydrogen) atoms. The lowest BCUT2D eigenvalue weighted by molar-refractivity contribution is -0.716. The highest BCUT2D eigenvalue weighted by atomic mass is 32.1. The number of benzene rings is 1. The first-order valence-corrected chi connectivity index (χ1v) is 9.25. The van der Waals surface area contributed by atoms with Gasteiger partial charge in [0.15, 0.2) is 0 Å². The van der Waals surface area contributed by atoms with Gasteiger partial charge in [0.25, 0.3) is 0 Å². The molecule has 3 aromatic rings. The van der Waals surface area contributed by atoms with Crippen LogP contribution in [0.1, 0.15) is 41.5 Å². The highest BCUT2D eigenvalue weighted by Crippen LogP contribution is 2.24. The van der Waals surface area contributed by atoms with Crippen molar-refractivity contribution in [1.82, 2.24) is 0 Å². The summed E-state index contributed by atoms with van der Waals surface area (Å²) in [4.78, 5) is 13.4. The predicted molar refractivity (Wildman–Crippen MR) is 99.5 cm³/mol. The van der Waals surface area contributed by atoms with Crippen molar-refractivity contribution in [3.05, 3.63) is 67.7 Å². The van der Waals surface area contributed by atoms with Crippen molar-refractivity contribution in [2.75, 3.05) is 0 Å². The Labute approximate surface area is 146 Å². The fourth-order valence-corrected chi connectivity index (χ4v) is 4.14. The van der Waals surface area contributed by atoms with Crippen LogP contribution >= 0.6 is 11.3 Å². The van der Waals surface area contributed by atoms with Gasteiger partial charge in [-0.1, -0.05) is 32.0 Å². The van der Waals surface area contributed by atoms with Gasteiger partial charge in [0.2, 0.25) is 0 Å². The van der Waals surface area contributed by atoms with E-state index in [1.165, 1.54) is 4.88 Å². The lowest BCUT2D eigenvalue weighted by Gasteiger charge is -2.18. The summed E-state index contributed by atoms with van der Waals surface area (Å²) < 4.78 is 5.47. The zero-order valence-electron chi connectivity index (χ0n) is 14.6. The normalized spacial score (nSPS) is 12.9. The molecule has 0 radical (unpaired) electrons. The van der Waals surface area contributed by atoms with E-state index in [0.29, 0.717) is 12.0 Å². The second-order valence-electron chi connectivity index (χ2n) is 6.70. The maximum atomic E-state index is 12.0. The van der Waals surface area contributed by atoms with Gasteiger partial charge in [-0.2, -0.15) is 0 Å². The highest BCUT2D eigenvalue weighted by Gasteiger charge is 2.21. The molecule has 3 nitrogen and oxygen atoms in total. The van der Waals surface area contributed by atoms with Crippen molar-refractivity contribution in [3.63, 3.8) is 0 Å². The molecule has 1 atom stereocenters. The third-order valence-electron chi connectivity index (χ3n) is 4.70. The molecule has 0 amide bonds. The fourth-order valence-electron chi connectivity index (χ4n) is 3.15. The van der Waals surface area contributed by atoms with Gasteiger partial charge in [0, 0.05) is 22.9 Å². The van der Waals surface area contributed by atoms with Crippen molar-refractivity contribution in [2.24, 2.45) is 5.92 Å². The Morgan fingerprint density at radius 2 is 2.00 bits per heavy atom. The van der Waals surface area contributed by atoms with E-state index in [0.717, 1.165) is 34.2 Å². The molecular formula is C20H24NO2S+. The predicted octanol–water partition coefficient (Wildman–Crippen LogP) is 3.93. The Morgan fingerprint density at radius 3 is 2.67 bits per heavy atom. The van der Waals surface area contributed by atoms with Gasteiger partial charge in [-0.15, -0.1) is 11.3 Å². The molecule has 0 fully saturated rings. The molecule has 0 unspecified atom stereocenters. The Balaban J connectivity index is 1.95. The molecule has 0 aliphatic heterocycles. The molecule has 4 heteroatoms. The van der Waals surface area contributed by atoms with Crippen molar-refractivity contribution < 1.29 is 9.73 Å². The quantitative estimate of drug-likeness (QED) is 0.714. The van der Waals surface area contributed by atoms with Crippen LogP contribution < -0.4 is 10.9 Å². The smallest absolute Gasteiger partial charge is 0.336 e. The first kappa shape index (κ1) is 16.9. The molecule has 2 heterocycles. The summed E-state index contributed by atoms with van der Waals surface area (Å²) in [5.74, 6) is 0.527. The Bertz CT molecular complexity index is 894. The number of fused-ring (bicyclic) bond motifs is 1. The van der Waals surface area contributed by atoms with Gasteiger partial charge in [0.05, 0.1) is 4.88 Å². The topological polar surface area (TPSA) is 46.8 Å². The molecular weight excluding hydrogens is 318 g/mol. The lowest BCUT2D eigenvalue weighted by atomic mass is 10.0. The van der Waals surface area contributed by atoms with Gasteiger partial charge >= 0.3 is 5.63 Å². The van der Waals surface area contributed by atoms with Crippen molar-refractivity contribution in [3.8, 4) is 0 Å². The molecule has 0 aliphatic rings. The van der Waals surface area contributed by atoms with Crippen LogP contribution in [-0.4, -0.2) is 0 Å². The average molecular weight is 342 g/mol. The fraction of sp³-hybridized carbons (Fsp3) is 0.350. The molecule has 126 valence electrons. The molecule has 0 saturated carbocycles. The SMILES string of the molecule is Cc1ccc2c(C[NH2+][C@@H](c3cccs3)C(C)C)cc(=O)oc2c1C. The number of hydrogen-bond donors (Lipinski definition) is 1. The van der Waals surface area contributed by atoms with Crippen LogP contribution in [0.25, 0.3) is 11.0 Å². The molecule has 1 aromatic carbocycles. The summed E-state index contributed by atoms with van der Waals surface area (Å²) in [5, 5.41) is 5.50. The third kappa shape index (κ3) is 3.30. The summed E-state index contributed by atoms with van der Waals surface area (Å²) in [7, 11) is 0. The molecule has 0 bridgehead atoms. The average Bonchev–Trinajstić information content (AvgIpc) is 3.05. The number of hydrogen-bond acceptors (Lipinski definition) is 3. The standard InChI is InChI=1S/C20H23NO2S/c1-12(2)19(17-6-5-9-24-17)21-11-15-10-18(22)23-20-14(4)13(3)7-8-16(15)20/h5-10,12,19,21H,11H2,1-4H3/p+1/t19-/m1/s1. The van der Waals surface area contributed by atoms with Crippen LogP contribution in [0.5, 0.6) is 0 Å². The molecule has 0 aliphatic carbocycles. The number of quaternary nitrogens is 1. The summed E-state index contributed by atoms with van der Waals surface area (Å²) in [6.07, 6.45) is 0. The Kier molecular flexibility index (Phi) is 4.88. The van der Waals surface area contributed by atoms with E-state index in [1.807, 2.05) is 13.8 Å². The summed E-state index contributed by atoms with van der Waals surface area (Å²) in [6.45, 7) is 9.30. The number of nitrogens with two attached hydrogens (primary N) is 1. The summed E-state index contributed by atoms with van der Waals surface area (Å²) in [6, 6.07) is 10.5. The third-order valence-corrected chi connectivity index (χ3v) is 5.67. The van der Waals surface area contributed by atoms with E-state index in [2.05, 4.69) is 48.8 Å². The van der Waals surface area contributed by atoms with Crippen LogP contribution in [0.2, 0.25) is 0 Å². The van der Waals surface area contributed by atoms with E-state index in [4.69, 9.17) is 4.42 Å². The van der Waals surface area contributed by atoms with E-state index in [9.17, 15) is 4.79 Å². The lowest BCUT2D eigenvalue weighted by Crippen LogP contribution is -2.84. The molecule has 2 N–H and O–H groups in total. The number of aryl methyl sites for hydroxylation is 2.